The SMILES string of the molecule is CC/C=C/C(=N\C(N)=C\[N+](=O)[O-])OCCOC. The summed E-state index contributed by atoms with van der Waals surface area (Å²) in [5, 5.41) is 10.2. The fourth-order valence-electron chi connectivity index (χ4n) is 0.830. The molecule has 0 aliphatic carbocycles. The van der Waals surface area contributed by atoms with Crippen molar-refractivity contribution in [2.45, 2.75) is 13.3 Å². The Kier molecular flexibility index (Phi) is 8.31. The minimum atomic E-state index is -0.671. The van der Waals surface area contributed by atoms with Crippen LogP contribution in [-0.2, 0) is 9.47 Å². The molecule has 0 aromatic heterocycles. The smallest absolute Gasteiger partial charge is 0.276 e. The molecule has 7 heteroatoms. The highest BCUT2D eigenvalue weighted by molar-refractivity contribution is 5.88. The van der Waals surface area contributed by atoms with Gasteiger partial charge in [0.2, 0.25) is 5.90 Å². The molecule has 2 N–H and O–H groups in total. The molecule has 0 spiro atoms. The number of nitro groups is 1. The average Bonchev–Trinajstić information content (AvgIpc) is 2.24. The van der Waals surface area contributed by atoms with Crippen molar-refractivity contribution in [1.29, 1.82) is 0 Å². The van der Waals surface area contributed by atoms with Crippen molar-refractivity contribution in [3.63, 3.8) is 0 Å². The monoisotopic (exact) mass is 243 g/mol. The largest absolute Gasteiger partial charge is 0.475 e. The molecule has 0 aromatic carbocycles. The van der Waals surface area contributed by atoms with Crippen LogP contribution in [0.25, 0.3) is 0 Å². The van der Waals surface area contributed by atoms with Gasteiger partial charge in [0.15, 0.2) is 5.82 Å². The quantitative estimate of drug-likeness (QED) is 0.237. The van der Waals surface area contributed by atoms with Crippen molar-refractivity contribution >= 4 is 5.90 Å². The van der Waals surface area contributed by atoms with Gasteiger partial charge in [-0.3, -0.25) is 10.1 Å². The summed E-state index contributed by atoms with van der Waals surface area (Å²) in [6.07, 6.45) is 4.83. The summed E-state index contributed by atoms with van der Waals surface area (Å²) in [6, 6.07) is 0. The lowest BCUT2D eigenvalue weighted by atomic mass is 10.4. The van der Waals surface area contributed by atoms with Gasteiger partial charge in [-0.1, -0.05) is 13.0 Å². The van der Waals surface area contributed by atoms with Crippen molar-refractivity contribution in [3.05, 3.63) is 34.3 Å². The Morgan fingerprint density at radius 2 is 2.24 bits per heavy atom. The number of nitrogens with two attached hydrogens (primary N) is 1. The highest BCUT2D eigenvalue weighted by Gasteiger charge is 1.99. The third kappa shape index (κ3) is 9.06. The van der Waals surface area contributed by atoms with Gasteiger partial charge in [0, 0.05) is 7.11 Å². The van der Waals surface area contributed by atoms with Gasteiger partial charge >= 0.3 is 0 Å². The fourth-order valence-corrected chi connectivity index (χ4v) is 0.830. The molecule has 0 aliphatic heterocycles. The standard InChI is InChI=1S/C10H17N3O4/c1-3-4-5-10(17-7-6-16-2)12-9(11)8-13(14)15/h4-5,8H,3,6-7,11H2,1-2H3/b5-4+,9-8+,12-10+. The maximum absolute atomic E-state index is 10.2. The topological polar surface area (TPSA) is 100.0 Å². The number of ether oxygens (including phenoxy) is 2. The van der Waals surface area contributed by atoms with Crippen molar-refractivity contribution in [2.75, 3.05) is 20.3 Å². The van der Waals surface area contributed by atoms with Crippen molar-refractivity contribution in [2.24, 2.45) is 10.7 Å². The first-order valence-electron chi connectivity index (χ1n) is 5.07. The van der Waals surface area contributed by atoms with Crippen molar-refractivity contribution < 1.29 is 14.4 Å². The van der Waals surface area contributed by atoms with Gasteiger partial charge < -0.3 is 15.2 Å². The van der Waals surface area contributed by atoms with Crippen molar-refractivity contribution in [1.82, 2.24) is 0 Å². The molecule has 0 aromatic rings. The van der Waals surface area contributed by atoms with E-state index in [1.807, 2.05) is 13.0 Å². The molecule has 0 heterocycles. The number of allylic oxidation sites excluding steroid dienone is 1. The van der Waals surface area contributed by atoms with E-state index in [2.05, 4.69) is 4.99 Å². The van der Waals surface area contributed by atoms with Crippen LogP contribution in [0.4, 0.5) is 0 Å². The Morgan fingerprint density at radius 3 is 2.76 bits per heavy atom. The third-order valence-electron chi connectivity index (χ3n) is 1.51. The average molecular weight is 243 g/mol. The van der Waals surface area contributed by atoms with Gasteiger partial charge in [-0.25, -0.2) is 0 Å². The van der Waals surface area contributed by atoms with Crippen LogP contribution in [-0.4, -0.2) is 31.1 Å². The van der Waals surface area contributed by atoms with Gasteiger partial charge in [-0.15, -0.1) is 0 Å². The maximum atomic E-state index is 10.2. The second kappa shape index (κ2) is 9.34. The van der Waals surface area contributed by atoms with Gasteiger partial charge in [-0.05, 0) is 12.5 Å². The summed E-state index contributed by atoms with van der Waals surface area (Å²) in [5.74, 6) is 0.00247. The molecule has 0 saturated carbocycles. The lowest BCUT2D eigenvalue weighted by Gasteiger charge is -2.04. The summed E-state index contributed by atoms with van der Waals surface area (Å²) in [5.41, 5.74) is 5.34. The molecule has 0 aliphatic rings. The summed E-state index contributed by atoms with van der Waals surface area (Å²) in [4.78, 5) is 13.3. The van der Waals surface area contributed by atoms with Crippen LogP contribution in [0.5, 0.6) is 0 Å². The summed E-state index contributed by atoms with van der Waals surface area (Å²) in [7, 11) is 1.54. The maximum Gasteiger partial charge on any atom is 0.276 e. The number of aliphatic imine (C=N–C) groups is 1. The molecule has 0 rings (SSSR count). The van der Waals surface area contributed by atoms with E-state index in [1.165, 1.54) is 0 Å². The lowest BCUT2D eigenvalue weighted by molar-refractivity contribution is -0.403. The predicted octanol–water partition coefficient (Wildman–Crippen LogP) is 1.05. The van der Waals surface area contributed by atoms with Crippen molar-refractivity contribution in [3.8, 4) is 0 Å². The molecule has 0 fully saturated rings. The summed E-state index contributed by atoms with van der Waals surface area (Å²) < 4.78 is 10.0. The second-order valence-corrected chi connectivity index (χ2v) is 2.94. The Bertz CT molecular complexity index is 324. The number of hydrogen-bond donors (Lipinski definition) is 1. The molecule has 7 nitrogen and oxygen atoms in total. The first kappa shape index (κ1) is 15.1. The highest BCUT2D eigenvalue weighted by Crippen LogP contribution is 1.95. The van der Waals surface area contributed by atoms with Gasteiger partial charge in [0.05, 0.1) is 11.5 Å². The first-order chi connectivity index (χ1) is 8.10. The Labute approximate surface area is 99.8 Å². The van der Waals surface area contributed by atoms with Gasteiger partial charge in [0.1, 0.15) is 6.61 Å². The van der Waals surface area contributed by atoms with E-state index in [-0.39, 0.29) is 11.7 Å². The Morgan fingerprint density at radius 1 is 1.53 bits per heavy atom. The molecular formula is C10H17N3O4. The van der Waals surface area contributed by atoms with Crippen LogP contribution < -0.4 is 5.73 Å². The number of nitrogens with zero attached hydrogens (tertiary/aromatic N) is 2. The molecular weight excluding hydrogens is 226 g/mol. The normalized spacial score (nSPS) is 13.1. The number of hydrogen-bond acceptors (Lipinski definition) is 6. The van der Waals surface area contributed by atoms with Gasteiger partial charge in [0.25, 0.3) is 6.20 Å². The van der Waals surface area contributed by atoms with E-state index < -0.39 is 4.92 Å². The van der Waals surface area contributed by atoms with E-state index in [9.17, 15) is 10.1 Å². The highest BCUT2D eigenvalue weighted by atomic mass is 16.6. The number of rotatable bonds is 7. The Hall–Kier alpha value is -1.89. The molecule has 0 bridgehead atoms. The fraction of sp³-hybridized carbons (Fsp3) is 0.500. The summed E-state index contributed by atoms with van der Waals surface area (Å²) >= 11 is 0. The van der Waals surface area contributed by atoms with Crippen LogP contribution in [0.1, 0.15) is 13.3 Å². The minimum absolute atomic E-state index is 0.219. The van der Waals surface area contributed by atoms with E-state index in [1.54, 1.807) is 13.2 Å². The molecule has 0 saturated heterocycles. The molecule has 0 amide bonds. The molecule has 0 atom stereocenters. The van der Waals surface area contributed by atoms with E-state index in [4.69, 9.17) is 15.2 Å². The van der Waals surface area contributed by atoms with Crippen LogP contribution in [0.2, 0.25) is 0 Å². The number of methoxy groups -OCH3 is 1. The second-order valence-electron chi connectivity index (χ2n) is 2.94. The molecule has 17 heavy (non-hydrogen) atoms. The zero-order valence-corrected chi connectivity index (χ0v) is 9.96. The zero-order valence-electron chi connectivity index (χ0n) is 9.96. The molecule has 0 radical (unpaired) electrons. The van der Waals surface area contributed by atoms with Crippen LogP contribution in [0.15, 0.2) is 29.2 Å². The first-order valence-corrected chi connectivity index (χ1v) is 5.07. The Balaban J connectivity index is 4.59. The predicted molar refractivity (Wildman–Crippen MR) is 64.0 cm³/mol. The van der Waals surface area contributed by atoms with Crippen LogP contribution in [0, 0.1) is 10.1 Å². The van der Waals surface area contributed by atoms with Gasteiger partial charge in [-0.2, -0.15) is 4.99 Å². The van der Waals surface area contributed by atoms with E-state index in [0.29, 0.717) is 19.4 Å². The molecule has 0 unspecified atom stereocenters. The van der Waals surface area contributed by atoms with Crippen LogP contribution >= 0.6 is 0 Å². The minimum Gasteiger partial charge on any atom is -0.475 e. The van der Waals surface area contributed by atoms with Crippen LogP contribution in [0.3, 0.4) is 0 Å². The third-order valence-corrected chi connectivity index (χ3v) is 1.51. The van der Waals surface area contributed by atoms with E-state index in [0.717, 1.165) is 6.42 Å². The molecule has 96 valence electrons. The van der Waals surface area contributed by atoms with E-state index >= 15 is 0 Å². The summed E-state index contributed by atoms with van der Waals surface area (Å²) in [6.45, 7) is 2.65. The lowest BCUT2D eigenvalue weighted by Crippen LogP contribution is -2.10. The zero-order chi connectivity index (χ0) is 13.1.